The van der Waals surface area contributed by atoms with Crippen LogP contribution in [-0.4, -0.2) is 40.6 Å². The van der Waals surface area contributed by atoms with Crippen LogP contribution in [0.2, 0.25) is 0 Å². The molecule has 3 heterocycles. The van der Waals surface area contributed by atoms with E-state index in [1.165, 1.54) is 5.56 Å². The van der Waals surface area contributed by atoms with Crippen LogP contribution in [0.5, 0.6) is 0 Å². The Morgan fingerprint density at radius 3 is 3.04 bits per heavy atom. The average molecular weight is 328 g/mol. The molecule has 6 nitrogen and oxygen atoms in total. The molecule has 2 aromatic rings. The highest BCUT2D eigenvalue weighted by molar-refractivity contribution is 5.91. The Hall–Kier alpha value is -2.21. The SMILES string of the molecule is CCCNC(=O)c1cc([C@H]2CCCN(Cc3ccncc3)C2)no1. The summed E-state index contributed by atoms with van der Waals surface area (Å²) >= 11 is 0. The van der Waals surface area contributed by atoms with Crippen molar-refractivity contribution in [2.75, 3.05) is 19.6 Å². The molecule has 1 N–H and O–H groups in total. The zero-order chi connectivity index (χ0) is 16.8. The molecule has 1 aliphatic heterocycles. The first-order chi connectivity index (χ1) is 11.8. The summed E-state index contributed by atoms with van der Waals surface area (Å²) in [7, 11) is 0. The van der Waals surface area contributed by atoms with Gasteiger partial charge in [0.05, 0.1) is 5.69 Å². The van der Waals surface area contributed by atoms with Gasteiger partial charge in [0.15, 0.2) is 0 Å². The van der Waals surface area contributed by atoms with Gasteiger partial charge in [-0.25, -0.2) is 0 Å². The van der Waals surface area contributed by atoms with Crippen molar-refractivity contribution < 1.29 is 9.32 Å². The third-order valence-corrected chi connectivity index (χ3v) is 4.37. The monoisotopic (exact) mass is 328 g/mol. The summed E-state index contributed by atoms with van der Waals surface area (Å²) in [6.07, 6.45) is 6.76. The molecule has 128 valence electrons. The number of aromatic nitrogens is 2. The fourth-order valence-corrected chi connectivity index (χ4v) is 3.10. The number of carbonyl (C=O) groups is 1. The molecule has 1 atom stereocenters. The molecular formula is C18H24N4O2. The summed E-state index contributed by atoms with van der Waals surface area (Å²) in [5, 5.41) is 6.96. The standard InChI is InChI=1S/C18H24N4O2/c1-2-7-20-18(23)17-11-16(21-24-17)15-4-3-10-22(13-15)12-14-5-8-19-9-6-14/h5-6,8-9,11,15H,2-4,7,10,12-13H2,1H3,(H,20,23)/t15-/m0/s1. The van der Waals surface area contributed by atoms with Gasteiger partial charge in [-0.1, -0.05) is 12.1 Å². The minimum atomic E-state index is -0.181. The van der Waals surface area contributed by atoms with Crippen molar-refractivity contribution in [2.45, 2.75) is 38.6 Å². The Bertz CT molecular complexity index is 656. The van der Waals surface area contributed by atoms with E-state index in [1.54, 1.807) is 6.07 Å². The van der Waals surface area contributed by atoms with Crippen LogP contribution < -0.4 is 5.32 Å². The van der Waals surface area contributed by atoms with Crippen LogP contribution in [0, 0.1) is 0 Å². The number of nitrogens with zero attached hydrogens (tertiary/aromatic N) is 3. The second-order valence-electron chi connectivity index (χ2n) is 6.30. The first-order valence-corrected chi connectivity index (χ1v) is 8.62. The highest BCUT2D eigenvalue weighted by Crippen LogP contribution is 2.27. The number of hydrogen-bond donors (Lipinski definition) is 1. The van der Waals surface area contributed by atoms with E-state index >= 15 is 0 Å². The predicted molar refractivity (Wildman–Crippen MR) is 90.6 cm³/mol. The summed E-state index contributed by atoms with van der Waals surface area (Å²) < 4.78 is 5.24. The predicted octanol–water partition coefficient (Wildman–Crippen LogP) is 2.59. The Balaban J connectivity index is 1.60. The molecule has 6 heteroatoms. The van der Waals surface area contributed by atoms with Gasteiger partial charge in [-0.2, -0.15) is 0 Å². The van der Waals surface area contributed by atoms with E-state index in [1.807, 2.05) is 19.3 Å². The number of hydrogen-bond acceptors (Lipinski definition) is 5. The first kappa shape index (κ1) is 16.6. The number of nitrogens with one attached hydrogen (secondary N) is 1. The van der Waals surface area contributed by atoms with Crippen LogP contribution in [0.4, 0.5) is 0 Å². The molecule has 0 aromatic carbocycles. The lowest BCUT2D eigenvalue weighted by atomic mass is 9.94. The van der Waals surface area contributed by atoms with Gasteiger partial charge >= 0.3 is 0 Å². The van der Waals surface area contributed by atoms with Crippen molar-refractivity contribution in [1.82, 2.24) is 20.4 Å². The summed E-state index contributed by atoms with van der Waals surface area (Å²) in [4.78, 5) is 18.4. The van der Waals surface area contributed by atoms with E-state index in [9.17, 15) is 4.79 Å². The molecule has 0 radical (unpaired) electrons. The maximum atomic E-state index is 11.9. The normalized spacial score (nSPS) is 18.5. The second-order valence-corrected chi connectivity index (χ2v) is 6.30. The maximum absolute atomic E-state index is 11.9. The highest BCUT2D eigenvalue weighted by Gasteiger charge is 2.25. The topological polar surface area (TPSA) is 71.3 Å². The van der Waals surface area contributed by atoms with Crippen molar-refractivity contribution in [3.63, 3.8) is 0 Å². The van der Waals surface area contributed by atoms with Gasteiger partial charge in [-0.15, -0.1) is 0 Å². The fraction of sp³-hybridized carbons (Fsp3) is 0.500. The van der Waals surface area contributed by atoms with Crippen LogP contribution in [0.25, 0.3) is 0 Å². The molecule has 0 spiro atoms. The van der Waals surface area contributed by atoms with Gasteiger partial charge in [0.25, 0.3) is 5.91 Å². The molecule has 0 unspecified atom stereocenters. The number of piperidine rings is 1. The molecular weight excluding hydrogens is 304 g/mol. The van der Waals surface area contributed by atoms with Gasteiger partial charge in [0.2, 0.25) is 5.76 Å². The van der Waals surface area contributed by atoms with Crippen molar-refractivity contribution in [3.05, 3.63) is 47.6 Å². The molecule has 1 saturated heterocycles. The van der Waals surface area contributed by atoms with Gasteiger partial charge in [0, 0.05) is 44.0 Å². The van der Waals surface area contributed by atoms with E-state index in [2.05, 4.69) is 32.5 Å². The molecule has 2 aromatic heterocycles. The van der Waals surface area contributed by atoms with Gasteiger partial charge < -0.3 is 9.84 Å². The van der Waals surface area contributed by atoms with E-state index in [-0.39, 0.29) is 5.91 Å². The molecule has 1 fully saturated rings. The molecule has 1 amide bonds. The number of rotatable bonds is 6. The van der Waals surface area contributed by atoms with E-state index in [0.29, 0.717) is 18.2 Å². The fourth-order valence-electron chi connectivity index (χ4n) is 3.10. The lowest BCUT2D eigenvalue weighted by molar-refractivity contribution is 0.0916. The Labute approximate surface area is 142 Å². The zero-order valence-corrected chi connectivity index (χ0v) is 14.1. The molecule has 0 bridgehead atoms. The van der Waals surface area contributed by atoms with Gasteiger partial charge in [-0.05, 0) is 43.5 Å². The summed E-state index contributed by atoms with van der Waals surface area (Å²) in [6.45, 7) is 5.61. The quantitative estimate of drug-likeness (QED) is 0.882. The Morgan fingerprint density at radius 2 is 2.25 bits per heavy atom. The first-order valence-electron chi connectivity index (χ1n) is 8.62. The van der Waals surface area contributed by atoms with Crippen molar-refractivity contribution in [2.24, 2.45) is 0 Å². The summed E-state index contributed by atoms with van der Waals surface area (Å²) in [6, 6.07) is 5.90. The molecule has 3 rings (SSSR count). The van der Waals surface area contributed by atoms with Crippen LogP contribution in [0.1, 0.15) is 53.9 Å². The third-order valence-electron chi connectivity index (χ3n) is 4.37. The Kier molecular flexibility index (Phi) is 5.59. The number of likely N-dealkylation sites (tertiary alicyclic amines) is 1. The minimum Gasteiger partial charge on any atom is -0.351 e. The zero-order valence-electron chi connectivity index (χ0n) is 14.1. The maximum Gasteiger partial charge on any atom is 0.289 e. The average Bonchev–Trinajstić information content (AvgIpc) is 3.11. The van der Waals surface area contributed by atoms with Crippen molar-refractivity contribution >= 4 is 5.91 Å². The van der Waals surface area contributed by atoms with Crippen LogP contribution in [-0.2, 0) is 6.54 Å². The van der Waals surface area contributed by atoms with Crippen molar-refractivity contribution in [3.8, 4) is 0 Å². The molecule has 0 aliphatic carbocycles. The van der Waals surface area contributed by atoms with Crippen LogP contribution in [0.15, 0.2) is 35.1 Å². The third kappa shape index (κ3) is 4.20. The van der Waals surface area contributed by atoms with Crippen LogP contribution in [0.3, 0.4) is 0 Å². The minimum absolute atomic E-state index is 0.181. The molecule has 0 saturated carbocycles. The largest absolute Gasteiger partial charge is 0.351 e. The number of amides is 1. The lowest BCUT2D eigenvalue weighted by Gasteiger charge is -2.31. The Morgan fingerprint density at radius 1 is 1.42 bits per heavy atom. The van der Waals surface area contributed by atoms with Crippen LogP contribution >= 0.6 is 0 Å². The molecule has 24 heavy (non-hydrogen) atoms. The van der Waals surface area contributed by atoms with E-state index in [0.717, 1.165) is 44.6 Å². The van der Waals surface area contributed by atoms with E-state index < -0.39 is 0 Å². The second kappa shape index (κ2) is 8.06. The lowest BCUT2D eigenvalue weighted by Crippen LogP contribution is -2.34. The summed E-state index contributed by atoms with van der Waals surface area (Å²) in [5.74, 6) is 0.446. The number of carbonyl (C=O) groups excluding carboxylic acids is 1. The number of pyridine rings is 1. The van der Waals surface area contributed by atoms with Crippen molar-refractivity contribution in [1.29, 1.82) is 0 Å². The summed E-state index contributed by atoms with van der Waals surface area (Å²) in [5.41, 5.74) is 2.15. The van der Waals surface area contributed by atoms with Gasteiger partial charge in [0.1, 0.15) is 0 Å². The molecule has 1 aliphatic rings. The smallest absolute Gasteiger partial charge is 0.289 e. The van der Waals surface area contributed by atoms with E-state index in [4.69, 9.17) is 4.52 Å². The highest BCUT2D eigenvalue weighted by atomic mass is 16.5. The van der Waals surface area contributed by atoms with Gasteiger partial charge in [-0.3, -0.25) is 14.7 Å².